The number of carbonyl (C=O) groups is 1. The fourth-order valence-electron chi connectivity index (χ4n) is 4.96. The van der Waals surface area contributed by atoms with Gasteiger partial charge in [-0.05, 0) is 68.6 Å². The van der Waals surface area contributed by atoms with Crippen molar-refractivity contribution in [2.24, 2.45) is 0 Å². The molecule has 1 atom stereocenters. The van der Waals surface area contributed by atoms with E-state index in [2.05, 4.69) is 53.4 Å². The minimum atomic E-state index is 0.0457. The molecule has 1 aliphatic carbocycles. The minimum Gasteiger partial charge on any atom is -0.353 e. The summed E-state index contributed by atoms with van der Waals surface area (Å²) in [5, 5.41) is 5.25. The van der Waals surface area contributed by atoms with Crippen LogP contribution in [0.3, 0.4) is 0 Å². The fraction of sp³-hybridized carbons (Fsp3) is 0.429. The number of benzene rings is 1. The summed E-state index contributed by atoms with van der Waals surface area (Å²) < 4.78 is 1.06. The SMILES string of the molecule is CCCCc1nc2sc3c(SCC(=O)NC(C)CCc4ccccc4)ncnc3c2c2c1CCC2. The number of aromatic nitrogens is 3. The van der Waals surface area contributed by atoms with E-state index in [1.807, 2.05) is 6.07 Å². The Kier molecular flexibility index (Phi) is 7.63. The molecule has 0 aliphatic heterocycles. The van der Waals surface area contributed by atoms with Crippen LogP contribution in [0, 0.1) is 0 Å². The molecule has 7 heteroatoms. The Balaban J connectivity index is 1.30. The predicted octanol–water partition coefficient (Wildman–Crippen LogP) is 6.30. The molecule has 0 spiro atoms. The topological polar surface area (TPSA) is 67.8 Å². The maximum Gasteiger partial charge on any atom is 0.230 e. The van der Waals surface area contributed by atoms with Crippen LogP contribution < -0.4 is 5.32 Å². The molecule has 0 fully saturated rings. The molecule has 3 aromatic heterocycles. The summed E-state index contributed by atoms with van der Waals surface area (Å²) in [7, 11) is 0. The first-order chi connectivity index (χ1) is 17.1. The third-order valence-corrected chi connectivity index (χ3v) is 8.95. The van der Waals surface area contributed by atoms with Crippen molar-refractivity contribution in [2.75, 3.05) is 5.75 Å². The Morgan fingerprint density at radius 3 is 2.80 bits per heavy atom. The first kappa shape index (κ1) is 24.2. The summed E-state index contributed by atoms with van der Waals surface area (Å²) in [5.41, 5.74) is 6.50. The van der Waals surface area contributed by atoms with Crippen molar-refractivity contribution in [2.45, 2.75) is 76.3 Å². The fourth-order valence-corrected chi connectivity index (χ4v) is 7.02. The van der Waals surface area contributed by atoms with Crippen LogP contribution >= 0.6 is 23.1 Å². The number of thiophene rings is 1. The van der Waals surface area contributed by atoms with Gasteiger partial charge in [0.2, 0.25) is 5.91 Å². The molecule has 5 nitrogen and oxygen atoms in total. The highest BCUT2D eigenvalue weighted by Crippen LogP contribution is 2.42. The molecule has 1 aliphatic rings. The number of fused-ring (bicyclic) bond motifs is 5. The standard InChI is InChI=1S/C28H32N4OS2/c1-3-4-13-22-20-11-8-12-21(20)24-25-26(35-27(24)32-22)28(30-17-29-25)34-16-23(33)31-18(2)14-15-19-9-6-5-7-10-19/h5-7,9-10,17-18H,3-4,8,11-16H2,1-2H3,(H,31,33). The number of thioether (sulfide) groups is 1. The van der Waals surface area contributed by atoms with Gasteiger partial charge in [-0.15, -0.1) is 11.3 Å². The van der Waals surface area contributed by atoms with Gasteiger partial charge in [0.25, 0.3) is 0 Å². The van der Waals surface area contributed by atoms with Gasteiger partial charge in [-0.1, -0.05) is 55.4 Å². The van der Waals surface area contributed by atoms with Crippen LogP contribution in [0.5, 0.6) is 0 Å². The summed E-state index contributed by atoms with van der Waals surface area (Å²) >= 11 is 3.19. The van der Waals surface area contributed by atoms with Crippen molar-refractivity contribution < 1.29 is 4.79 Å². The molecule has 182 valence electrons. The second-order valence-electron chi connectivity index (χ2n) is 9.39. The molecule has 3 heterocycles. The van der Waals surface area contributed by atoms with Gasteiger partial charge in [-0.2, -0.15) is 0 Å². The normalized spacial score (nSPS) is 13.9. The molecule has 0 radical (unpaired) electrons. The van der Waals surface area contributed by atoms with Gasteiger partial charge in [-0.25, -0.2) is 15.0 Å². The molecule has 1 aromatic carbocycles. The zero-order valence-electron chi connectivity index (χ0n) is 20.5. The van der Waals surface area contributed by atoms with Crippen molar-refractivity contribution >= 4 is 49.4 Å². The molecule has 4 aromatic rings. The lowest BCUT2D eigenvalue weighted by molar-refractivity contribution is -0.119. The third kappa shape index (κ3) is 5.36. The molecule has 1 N–H and O–H groups in total. The number of pyridine rings is 1. The van der Waals surface area contributed by atoms with Crippen LogP contribution in [0.1, 0.15) is 61.9 Å². The molecule has 35 heavy (non-hydrogen) atoms. The second kappa shape index (κ2) is 11.0. The highest BCUT2D eigenvalue weighted by atomic mass is 32.2. The van der Waals surface area contributed by atoms with E-state index in [9.17, 15) is 4.79 Å². The average molecular weight is 505 g/mol. The summed E-state index contributed by atoms with van der Waals surface area (Å²) in [4.78, 5) is 28.1. The van der Waals surface area contributed by atoms with E-state index in [4.69, 9.17) is 4.98 Å². The van der Waals surface area contributed by atoms with E-state index in [0.717, 1.165) is 52.2 Å². The summed E-state index contributed by atoms with van der Waals surface area (Å²) in [5.74, 6) is 0.396. The Morgan fingerprint density at radius 2 is 1.97 bits per heavy atom. The van der Waals surface area contributed by atoms with Crippen LogP contribution in [-0.4, -0.2) is 32.7 Å². The van der Waals surface area contributed by atoms with Gasteiger partial charge >= 0.3 is 0 Å². The summed E-state index contributed by atoms with van der Waals surface area (Å²) in [6, 6.07) is 10.5. The van der Waals surface area contributed by atoms with Crippen LogP contribution in [0.2, 0.25) is 0 Å². The van der Waals surface area contributed by atoms with E-state index in [0.29, 0.717) is 5.75 Å². The van der Waals surface area contributed by atoms with Crippen molar-refractivity contribution in [3.8, 4) is 0 Å². The van der Waals surface area contributed by atoms with Gasteiger partial charge in [0.1, 0.15) is 16.2 Å². The average Bonchev–Trinajstić information content (AvgIpc) is 3.50. The zero-order valence-corrected chi connectivity index (χ0v) is 22.1. The van der Waals surface area contributed by atoms with E-state index >= 15 is 0 Å². The van der Waals surface area contributed by atoms with Crippen molar-refractivity contribution in [3.63, 3.8) is 0 Å². The number of hydrogen-bond acceptors (Lipinski definition) is 6. The molecular formula is C28H32N4OS2. The molecule has 5 rings (SSSR count). The Bertz CT molecular complexity index is 1340. The largest absolute Gasteiger partial charge is 0.353 e. The number of nitrogens with one attached hydrogen (secondary N) is 1. The number of unbranched alkanes of at least 4 members (excludes halogenated alkanes) is 1. The number of amides is 1. The first-order valence-electron chi connectivity index (χ1n) is 12.7. The van der Waals surface area contributed by atoms with Crippen molar-refractivity contribution in [1.29, 1.82) is 0 Å². The number of aryl methyl sites for hydroxylation is 3. The van der Waals surface area contributed by atoms with Crippen molar-refractivity contribution in [3.05, 3.63) is 59.0 Å². The van der Waals surface area contributed by atoms with E-state index in [1.165, 1.54) is 58.8 Å². The lowest BCUT2D eigenvalue weighted by atomic mass is 10.0. The predicted molar refractivity (Wildman–Crippen MR) is 146 cm³/mol. The number of carbonyl (C=O) groups excluding carboxylic acids is 1. The number of rotatable bonds is 10. The van der Waals surface area contributed by atoms with E-state index in [1.54, 1.807) is 17.7 Å². The number of hydrogen-bond donors (Lipinski definition) is 1. The van der Waals surface area contributed by atoms with Crippen molar-refractivity contribution in [1.82, 2.24) is 20.3 Å². The monoisotopic (exact) mass is 504 g/mol. The van der Waals surface area contributed by atoms with Gasteiger partial charge in [-0.3, -0.25) is 4.79 Å². The highest BCUT2D eigenvalue weighted by molar-refractivity contribution is 8.00. The smallest absolute Gasteiger partial charge is 0.230 e. The van der Waals surface area contributed by atoms with Crippen LogP contribution in [-0.2, 0) is 30.5 Å². The van der Waals surface area contributed by atoms with Gasteiger partial charge < -0.3 is 5.32 Å². The molecule has 1 unspecified atom stereocenters. The molecule has 0 saturated carbocycles. The maximum absolute atomic E-state index is 12.7. The van der Waals surface area contributed by atoms with Crippen LogP contribution in [0.4, 0.5) is 0 Å². The Labute approximate surface area is 215 Å². The summed E-state index contributed by atoms with van der Waals surface area (Å²) in [6.07, 6.45) is 10.4. The minimum absolute atomic E-state index is 0.0457. The third-order valence-electron chi connectivity index (χ3n) is 6.75. The molecular weight excluding hydrogens is 472 g/mol. The van der Waals surface area contributed by atoms with Gasteiger partial charge in [0.15, 0.2) is 0 Å². The quantitative estimate of drug-likeness (QED) is 0.203. The second-order valence-corrected chi connectivity index (χ2v) is 11.4. The first-order valence-corrected chi connectivity index (χ1v) is 14.5. The Morgan fingerprint density at radius 1 is 1.14 bits per heavy atom. The molecule has 1 amide bonds. The lowest BCUT2D eigenvalue weighted by Crippen LogP contribution is -2.34. The Hall–Kier alpha value is -2.51. The molecule has 0 saturated heterocycles. The van der Waals surface area contributed by atoms with E-state index < -0.39 is 0 Å². The van der Waals surface area contributed by atoms with Gasteiger partial charge in [0, 0.05) is 17.1 Å². The highest BCUT2D eigenvalue weighted by Gasteiger charge is 2.24. The zero-order chi connectivity index (χ0) is 24.2. The van der Waals surface area contributed by atoms with Crippen LogP contribution in [0.25, 0.3) is 20.4 Å². The van der Waals surface area contributed by atoms with Gasteiger partial charge in [0.05, 0.1) is 16.0 Å². The summed E-state index contributed by atoms with van der Waals surface area (Å²) in [6.45, 7) is 4.31. The van der Waals surface area contributed by atoms with Crippen LogP contribution in [0.15, 0.2) is 41.7 Å². The number of nitrogens with zero attached hydrogens (tertiary/aromatic N) is 3. The van der Waals surface area contributed by atoms with E-state index in [-0.39, 0.29) is 11.9 Å². The lowest BCUT2D eigenvalue weighted by Gasteiger charge is -2.13. The molecule has 0 bridgehead atoms. The maximum atomic E-state index is 12.7.